The molecule has 2 N–H and O–H groups in total. The van der Waals surface area contributed by atoms with Crippen molar-refractivity contribution < 1.29 is 9.18 Å². The van der Waals surface area contributed by atoms with E-state index in [-0.39, 0.29) is 35.7 Å². The Labute approximate surface area is 194 Å². The first-order valence-electron chi connectivity index (χ1n) is 9.94. The van der Waals surface area contributed by atoms with Crippen molar-refractivity contribution in [3.05, 3.63) is 65.5 Å². The lowest BCUT2D eigenvalue weighted by molar-refractivity contribution is 0.0955. The number of hydrogen-bond donors (Lipinski definition) is 2. The standard InChI is InChI=1S/C22H28FN5O.HI/c1-3-25-21(29)18-8-6-7-17(15-18)16-26-22(24-2)28-13-11-27(12-14-28)20-10-5-4-9-19(20)23;/h4-10,15H,3,11-14,16H2,1-2H3,(H,24,26)(H,25,29);1H. The molecule has 0 radical (unpaired) electrons. The SMILES string of the molecule is CCNC(=O)c1cccc(CNC(=NC)N2CCN(c3ccccc3F)CC2)c1.I. The fourth-order valence-corrected chi connectivity index (χ4v) is 3.47. The van der Waals surface area contributed by atoms with Gasteiger partial charge < -0.3 is 20.4 Å². The van der Waals surface area contributed by atoms with E-state index in [1.165, 1.54) is 6.07 Å². The maximum absolute atomic E-state index is 14.0. The van der Waals surface area contributed by atoms with Gasteiger partial charge in [0.2, 0.25) is 0 Å². The minimum atomic E-state index is -0.185. The van der Waals surface area contributed by atoms with Crippen LogP contribution in [-0.2, 0) is 6.54 Å². The molecule has 0 unspecified atom stereocenters. The fraction of sp³-hybridized carbons (Fsp3) is 0.364. The summed E-state index contributed by atoms with van der Waals surface area (Å²) in [5.41, 5.74) is 2.32. The molecule has 0 aliphatic carbocycles. The lowest BCUT2D eigenvalue weighted by Crippen LogP contribution is -2.52. The van der Waals surface area contributed by atoms with E-state index in [0.29, 0.717) is 24.3 Å². The number of carbonyl (C=O) groups excluding carboxylic acids is 1. The molecular formula is C22H29FIN5O. The van der Waals surface area contributed by atoms with Crippen molar-refractivity contribution in [2.45, 2.75) is 13.5 Å². The van der Waals surface area contributed by atoms with Gasteiger partial charge in [-0.05, 0) is 36.8 Å². The highest BCUT2D eigenvalue weighted by Gasteiger charge is 2.21. The number of nitrogens with zero attached hydrogens (tertiary/aromatic N) is 3. The highest BCUT2D eigenvalue weighted by Crippen LogP contribution is 2.20. The summed E-state index contributed by atoms with van der Waals surface area (Å²) in [5.74, 6) is 0.556. The molecule has 1 saturated heterocycles. The zero-order valence-electron chi connectivity index (χ0n) is 17.4. The summed E-state index contributed by atoms with van der Waals surface area (Å²) >= 11 is 0. The van der Waals surface area contributed by atoms with E-state index in [1.54, 1.807) is 13.1 Å². The van der Waals surface area contributed by atoms with Gasteiger partial charge in [0.15, 0.2) is 5.96 Å². The molecule has 0 bridgehead atoms. The summed E-state index contributed by atoms with van der Waals surface area (Å²) in [5, 5.41) is 6.19. The predicted octanol–water partition coefficient (Wildman–Crippen LogP) is 3.09. The first kappa shape index (κ1) is 23.9. The van der Waals surface area contributed by atoms with Gasteiger partial charge in [0.1, 0.15) is 5.82 Å². The Morgan fingerprint density at radius 3 is 2.47 bits per heavy atom. The smallest absolute Gasteiger partial charge is 0.251 e. The average Bonchev–Trinajstić information content (AvgIpc) is 2.75. The fourth-order valence-electron chi connectivity index (χ4n) is 3.47. The minimum Gasteiger partial charge on any atom is -0.366 e. The Balaban J connectivity index is 0.00000320. The molecule has 0 spiro atoms. The second-order valence-corrected chi connectivity index (χ2v) is 6.89. The number of nitrogens with one attached hydrogen (secondary N) is 2. The lowest BCUT2D eigenvalue weighted by atomic mass is 10.1. The van der Waals surface area contributed by atoms with E-state index in [1.807, 2.05) is 43.3 Å². The first-order chi connectivity index (χ1) is 14.1. The van der Waals surface area contributed by atoms with Crippen LogP contribution in [-0.4, -0.2) is 56.5 Å². The molecule has 3 rings (SSSR count). The van der Waals surface area contributed by atoms with Gasteiger partial charge in [0, 0.05) is 51.9 Å². The van der Waals surface area contributed by atoms with Gasteiger partial charge in [0.05, 0.1) is 5.69 Å². The molecule has 0 aromatic heterocycles. The number of carbonyl (C=O) groups is 1. The van der Waals surface area contributed by atoms with Gasteiger partial charge in [-0.1, -0.05) is 24.3 Å². The number of aliphatic imine (C=N–C) groups is 1. The van der Waals surface area contributed by atoms with Crippen LogP contribution in [0.5, 0.6) is 0 Å². The molecule has 0 atom stereocenters. The quantitative estimate of drug-likeness (QED) is 0.358. The van der Waals surface area contributed by atoms with E-state index >= 15 is 0 Å². The molecule has 162 valence electrons. The zero-order chi connectivity index (χ0) is 20.6. The van der Waals surface area contributed by atoms with Gasteiger partial charge >= 0.3 is 0 Å². The number of piperazine rings is 1. The Bertz CT molecular complexity index is 868. The number of amides is 1. The van der Waals surface area contributed by atoms with E-state index in [9.17, 15) is 9.18 Å². The summed E-state index contributed by atoms with van der Waals surface area (Å²) < 4.78 is 14.0. The summed E-state index contributed by atoms with van der Waals surface area (Å²) in [7, 11) is 1.76. The highest BCUT2D eigenvalue weighted by molar-refractivity contribution is 14.0. The van der Waals surface area contributed by atoms with Crippen LogP contribution in [0.25, 0.3) is 0 Å². The third-order valence-electron chi connectivity index (χ3n) is 4.96. The van der Waals surface area contributed by atoms with Crippen molar-refractivity contribution in [3.63, 3.8) is 0 Å². The Hall–Kier alpha value is -2.36. The number of anilines is 1. The van der Waals surface area contributed by atoms with Crippen molar-refractivity contribution >= 4 is 41.5 Å². The third kappa shape index (κ3) is 6.07. The number of para-hydroxylation sites is 1. The molecule has 1 aliphatic rings. The summed E-state index contributed by atoms with van der Waals surface area (Å²) in [6, 6.07) is 14.5. The second kappa shape index (κ2) is 11.7. The van der Waals surface area contributed by atoms with E-state index < -0.39 is 0 Å². The Morgan fingerprint density at radius 2 is 1.80 bits per heavy atom. The molecule has 1 aliphatic heterocycles. The number of guanidine groups is 1. The number of benzene rings is 2. The van der Waals surface area contributed by atoms with Gasteiger partial charge in [-0.15, -0.1) is 24.0 Å². The van der Waals surface area contributed by atoms with Crippen molar-refractivity contribution in [1.82, 2.24) is 15.5 Å². The maximum Gasteiger partial charge on any atom is 0.251 e. The largest absolute Gasteiger partial charge is 0.366 e. The van der Waals surface area contributed by atoms with Crippen molar-refractivity contribution in [1.29, 1.82) is 0 Å². The number of halogens is 2. The number of rotatable bonds is 5. The highest BCUT2D eigenvalue weighted by atomic mass is 127. The second-order valence-electron chi connectivity index (χ2n) is 6.89. The van der Waals surface area contributed by atoms with E-state index in [2.05, 4.69) is 25.4 Å². The molecule has 8 heteroatoms. The molecule has 1 heterocycles. The zero-order valence-corrected chi connectivity index (χ0v) is 19.7. The van der Waals surface area contributed by atoms with Gasteiger partial charge in [0.25, 0.3) is 5.91 Å². The van der Waals surface area contributed by atoms with Crippen LogP contribution in [0.4, 0.5) is 10.1 Å². The van der Waals surface area contributed by atoms with Crippen LogP contribution in [0, 0.1) is 5.82 Å². The molecule has 0 saturated carbocycles. The van der Waals surface area contributed by atoms with Crippen LogP contribution in [0.3, 0.4) is 0 Å². The molecule has 1 fully saturated rings. The van der Waals surface area contributed by atoms with Crippen molar-refractivity contribution in [2.24, 2.45) is 4.99 Å². The minimum absolute atomic E-state index is 0. The number of hydrogen-bond acceptors (Lipinski definition) is 3. The van der Waals surface area contributed by atoms with Crippen LogP contribution < -0.4 is 15.5 Å². The topological polar surface area (TPSA) is 60.0 Å². The summed E-state index contributed by atoms with van der Waals surface area (Å²) in [4.78, 5) is 20.6. The summed E-state index contributed by atoms with van der Waals surface area (Å²) in [6.45, 7) is 6.06. The molecule has 30 heavy (non-hydrogen) atoms. The average molecular weight is 525 g/mol. The third-order valence-corrected chi connectivity index (χ3v) is 4.96. The van der Waals surface area contributed by atoms with Crippen molar-refractivity contribution in [2.75, 3.05) is 44.7 Å². The Kier molecular flexibility index (Phi) is 9.35. The monoisotopic (exact) mass is 525 g/mol. The summed E-state index contributed by atoms with van der Waals surface area (Å²) in [6.07, 6.45) is 0. The molecular weight excluding hydrogens is 496 g/mol. The first-order valence-corrected chi connectivity index (χ1v) is 9.94. The van der Waals surface area contributed by atoms with Crippen LogP contribution >= 0.6 is 24.0 Å². The van der Waals surface area contributed by atoms with E-state index in [4.69, 9.17) is 0 Å². The molecule has 6 nitrogen and oxygen atoms in total. The van der Waals surface area contributed by atoms with Gasteiger partial charge in [-0.2, -0.15) is 0 Å². The van der Waals surface area contributed by atoms with Gasteiger partial charge in [-0.3, -0.25) is 9.79 Å². The van der Waals surface area contributed by atoms with Crippen LogP contribution in [0.2, 0.25) is 0 Å². The van der Waals surface area contributed by atoms with Crippen LogP contribution in [0.15, 0.2) is 53.5 Å². The molecule has 2 aromatic rings. The molecule has 2 aromatic carbocycles. The normalized spacial score (nSPS) is 14.2. The lowest BCUT2D eigenvalue weighted by Gasteiger charge is -2.37. The predicted molar refractivity (Wildman–Crippen MR) is 130 cm³/mol. The van der Waals surface area contributed by atoms with E-state index in [0.717, 1.165) is 37.7 Å². The Morgan fingerprint density at radius 1 is 1.07 bits per heavy atom. The molecule has 1 amide bonds. The maximum atomic E-state index is 14.0. The van der Waals surface area contributed by atoms with Gasteiger partial charge in [-0.25, -0.2) is 4.39 Å². The van der Waals surface area contributed by atoms with Crippen LogP contribution in [0.1, 0.15) is 22.8 Å². The van der Waals surface area contributed by atoms with Crippen molar-refractivity contribution in [3.8, 4) is 0 Å².